The van der Waals surface area contributed by atoms with Gasteiger partial charge in [-0.3, -0.25) is 0 Å². The zero-order valence-electron chi connectivity index (χ0n) is 11.5. The molecule has 3 rings (SSSR count). The number of nitrogens with zero attached hydrogens (tertiary/aromatic N) is 3. The summed E-state index contributed by atoms with van der Waals surface area (Å²) in [6, 6.07) is 7.41. The van der Waals surface area contributed by atoms with Crippen molar-refractivity contribution in [2.75, 3.05) is 7.11 Å². The number of fused-ring (bicyclic) bond motifs is 1. The van der Waals surface area contributed by atoms with E-state index in [1.807, 2.05) is 38.1 Å². The molecule has 0 aliphatic carbocycles. The molecule has 1 aromatic carbocycles. The van der Waals surface area contributed by atoms with Gasteiger partial charge < -0.3 is 4.74 Å². The Balaban J connectivity index is 2.32. The maximum Gasteiger partial charge on any atom is 0.349 e. The number of nitrogens with one attached hydrogen (secondary N) is 1. The van der Waals surface area contributed by atoms with Crippen molar-refractivity contribution >= 4 is 5.65 Å². The van der Waals surface area contributed by atoms with Crippen molar-refractivity contribution in [3.63, 3.8) is 0 Å². The van der Waals surface area contributed by atoms with E-state index >= 15 is 0 Å². The lowest BCUT2D eigenvalue weighted by atomic mass is 10.2. The van der Waals surface area contributed by atoms with E-state index in [0.29, 0.717) is 11.5 Å². The predicted octanol–water partition coefficient (Wildman–Crippen LogP) is 1.71. The van der Waals surface area contributed by atoms with Gasteiger partial charge in [-0.05, 0) is 38.1 Å². The molecule has 20 heavy (non-hydrogen) atoms. The fraction of sp³-hybridized carbons (Fsp3) is 0.214. The maximum absolute atomic E-state index is 11.9. The Morgan fingerprint density at radius 1 is 1.20 bits per heavy atom. The van der Waals surface area contributed by atoms with E-state index in [0.717, 1.165) is 22.6 Å². The number of aromatic amines is 1. The molecule has 6 nitrogen and oxygen atoms in total. The van der Waals surface area contributed by atoms with Crippen LogP contribution in [-0.2, 0) is 0 Å². The molecule has 0 radical (unpaired) electrons. The Morgan fingerprint density at radius 3 is 2.55 bits per heavy atom. The molecule has 0 bridgehead atoms. The summed E-state index contributed by atoms with van der Waals surface area (Å²) in [7, 11) is 1.61. The summed E-state index contributed by atoms with van der Waals surface area (Å²) in [6.45, 7) is 3.80. The lowest BCUT2D eigenvalue weighted by Gasteiger charge is -2.08. The Bertz CT molecular complexity index is 831. The lowest BCUT2D eigenvalue weighted by molar-refractivity contribution is 0.415. The highest BCUT2D eigenvalue weighted by Crippen LogP contribution is 2.22. The zero-order chi connectivity index (χ0) is 14.3. The molecule has 6 heteroatoms. The summed E-state index contributed by atoms with van der Waals surface area (Å²) >= 11 is 0. The highest BCUT2D eigenvalue weighted by atomic mass is 16.5. The SMILES string of the molecule is COc1ccc(-c2nc(C)c(C)c3n[nH]c(=O)n23)cc1. The standard InChI is InChI=1S/C14H14N4O2/c1-8-9(2)15-13(18-12(8)16-17-14(18)19)10-4-6-11(20-3)7-5-10/h4-7H,1-3H3,(H,17,19). The molecule has 0 aliphatic heterocycles. The Labute approximate surface area is 115 Å². The fourth-order valence-corrected chi connectivity index (χ4v) is 2.13. The molecule has 0 fully saturated rings. The largest absolute Gasteiger partial charge is 0.497 e. The van der Waals surface area contributed by atoms with E-state index in [4.69, 9.17) is 4.74 Å². The van der Waals surface area contributed by atoms with Crippen LogP contribution in [0.15, 0.2) is 29.1 Å². The van der Waals surface area contributed by atoms with Gasteiger partial charge in [-0.2, -0.15) is 5.10 Å². The van der Waals surface area contributed by atoms with Crippen LogP contribution in [0.25, 0.3) is 17.0 Å². The maximum atomic E-state index is 11.9. The number of hydrogen-bond acceptors (Lipinski definition) is 4. The van der Waals surface area contributed by atoms with Crippen molar-refractivity contribution < 1.29 is 4.74 Å². The van der Waals surface area contributed by atoms with Crippen LogP contribution in [0.2, 0.25) is 0 Å². The average Bonchev–Trinajstić information content (AvgIpc) is 2.85. The van der Waals surface area contributed by atoms with E-state index < -0.39 is 0 Å². The van der Waals surface area contributed by atoms with Crippen LogP contribution in [0.3, 0.4) is 0 Å². The van der Waals surface area contributed by atoms with Crippen LogP contribution in [-0.4, -0.2) is 26.7 Å². The third kappa shape index (κ3) is 1.77. The topological polar surface area (TPSA) is 72.3 Å². The normalized spacial score (nSPS) is 10.9. The molecule has 2 heterocycles. The first-order valence-corrected chi connectivity index (χ1v) is 6.20. The Kier molecular flexibility index (Phi) is 2.78. The van der Waals surface area contributed by atoms with Gasteiger partial charge in [-0.1, -0.05) is 0 Å². The first kappa shape index (κ1) is 12.4. The van der Waals surface area contributed by atoms with Gasteiger partial charge >= 0.3 is 5.69 Å². The van der Waals surface area contributed by atoms with Crippen molar-refractivity contribution in [3.8, 4) is 17.1 Å². The molecule has 0 saturated heterocycles. The van der Waals surface area contributed by atoms with E-state index in [1.54, 1.807) is 7.11 Å². The minimum Gasteiger partial charge on any atom is -0.497 e. The van der Waals surface area contributed by atoms with E-state index in [2.05, 4.69) is 15.2 Å². The molecule has 2 aromatic heterocycles. The quantitative estimate of drug-likeness (QED) is 0.769. The second-order valence-electron chi connectivity index (χ2n) is 4.56. The number of ether oxygens (including phenoxy) is 1. The third-order valence-corrected chi connectivity index (χ3v) is 3.38. The number of aromatic nitrogens is 4. The van der Waals surface area contributed by atoms with Crippen LogP contribution in [0.5, 0.6) is 5.75 Å². The van der Waals surface area contributed by atoms with E-state index in [-0.39, 0.29) is 5.69 Å². The first-order chi connectivity index (χ1) is 9.61. The molecule has 3 aromatic rings. The van der Waals surface area contributed by atoms with Crippen LogP contribution in [0.1, 0.15) is 11.3 Å². The van der Waals surface area contributed by atoms with Crippen molar-refractivity contribution in [3.05, 3.63) is 46.0 Å². The monoisotopic (exact) mass is 270 g/mol. The average molecular weight is 270 g/mol. The molecule has 0 unspecified atom stereocenters. The van der Waals surface area contributed by atoms with Gasteiger partial charge in [0.1, 0.15) is 11.6 Å². The minimum absolute atomic E-state index is 0.290. The lowest BCUT2D eigenvalue weighted by Crippen LogP contribution is -2.14. The number of hydrogen-bond donors (Lipinski definition) is 1. The van der Waals surface area contributed by atoms with Gasteiger partial charge in [-0.25, -0.2) is 19.3 Å². The summed E-state index contributed by atoms with van der Waals surface area (Å²) in [6.07, 6.45) is 0. The summed E-state index contributed by atoms with van der Waals surface area (Å²) in [5.74, 6) is 1.33. The van der Waals surface area contributed by atoms with Gasteiger partial charge in [-0.15, -0.1) is 0 Å². The fourth-order valence-electron chi connectivity index (χ4n) is 2.13. The van der Waals surface area contributed by atoms with Gasteiger partial charge in [0.25, 0.3) is 0 Å². The molecule has 1 N–H and O–H groups in total. The van der Waals surface area contributed by atoms with Crippen LogP contribution < -0.4 is 10.4 Å². The van der Waals surface area contributed by atoms with Crippen LogP contribution in [0, 0.1) is 13.8 Å². The van der Waals surface area contributed by atoms with Crippen LogP contribution in [0.4, 0.5) is 0 Å². The number of rotatable bonds is 2. The molecule has 0 saturated carbocycles. The smallest absolute Gasteiger partial charge is 0.349 e. The van der Waals surface area contributed by atoms with Crippen molar-refractivity contribution in [1.29, 1.82) is 0 Å². The number of methoxy groups -OCH3 is 1. The first-order valence-electron chi connectivity index (χ1n) is 6.20. The zero-order valence-corrected chi connectivity index (χ0v) is 11.5. The third-order valence-electron chi connectivity index (χ3n) is 3.38. The van der Waals surface area contributed by atoms with Gasteiger partial charge in [0, 0.05) is 16.8 Å². The highest BCUT2D eigenvalue weighted by Gasteiger charge is 2.14. The molecular formula is C14H14N4O2. The molecule has 102 valence electrons. The number of aryl methyl sites for hydroxylation is 2. The van der Waals surface area contributed by atoms with Gasteiger partial charge in [0.2, 0.25) is 0 Å². The summed E-state index contributed by atoms with van der Waals surface area (Å²) in [4.78, 5) is 16.5. The highest BCUT2D eigenvalue weighted by molar-refractivity contribution is 5.62. The minimum atomic E-state index is -0.290. The summed E-state index contributed by atoms with van der Waals surface area (Å²) < 4.78 is 6.63. The van der Waals surface area contributed by atoms with Gasteiger partial charge in [0.05, 0.1) is 7.11 Å². The number of H-pyrrole nitrogens is 1. The second-order valence-corrected chi connectivity index (χ2v) is 4.56. The molecule has 0 atom stereocenters. The van der Waals surface area contributed by atoms with Crippen LogP contribution >= 0.6 is 0 Å². The molecule has 0 spiro atoms. The number of benzene rings is 1. The van der Waals surface area contributed by atoms with Crippen molar-refractivity contribution in [1.82, 2.24) is 19.6 Å². The Morgan fingerprint density at radius 2 is 1.90 bits per heavy atom. The van der Waals surface area contributed by atoms with E-state index in [1.165, 1.54) is 4.40 Å². The second kappa shape index (κ2) is 4.48. The molecular weight excluding hydrogens is 256 g/mol. The Hall–Kier alpha value is -2.63. The molecule has 0 amide bonds. The van der Waals surface area contributed by atoms with Gasteiger partial charge in [0.15, 0.2) is 5.65 Å². The predicted molar refractivity (Wildman–Crippen MR) is 75.1 cm³/mol. The van der Waals surface area contributed by atoms with E-state index in [9.17, 15) is 4.79 Å². The van der Waals surface area contributed by atoms with Crippen molar-refractivity contribution in [2.24, 2.45) is 0 Å². The summed E-state index contributed by atoms with van der Waals surface area (Å²) in [5, 5.41) is 6.53. The molecule has 0 aliphatic rings. The van der Waals surface area contributed by atoms with Crippen molar-refractivity contribution in [2.45, 2.75) is 13.8 Å². The summed E-state index contributed by atoms with van der Waals surface area (Å²) in [5.41, 5.74) is 2.89.